The highest BCUT2D eigenvalue weighted by Crippen LogP contribution is 2.15. The van der Waals surface area contributed by atoms with Gasteiger partial charge in [-0.2, -0.15) is 0 Å². The Bertz CT molecular complexity index is 637. The molecular weight excluding hydrogens is 308 g/mol. The number of pyridine rings is 1. The van der Waals surface area contributed by atoms with E-state index in [-0.39, 0.29) is 5.91 Å². The molecule has 23 heavy (non-hydrogen) atoms. The van der Waals surface area contributed by atoms with Crippen molar-refractivity contribution in [1.82, 2.24) is 20.2 Å². The number of nitrogens with zero attached hydrogens (tertiary/aromatic N) is 3. The van der Waals surface area contributed by atoms with Gasteiger partial charge in [0.05, 0.1) is 17.1 Å². The number of hydrogen-bond donors (Lipinski definition) is 1. The molecule has 0 spiro atoms. The highest BCUT2D eigenvalue weighted by Gasteiger charge is 2.22. The van der Waals surface area contributed by atoms with Crippen LogP contribution in [0.2, 0.25) is 0 Å². The van der Waals surface area contributed by atoms with Crippen LogP contribution in [-0.4, -0.2) is 40.4 Å². The first kappa shape index (κ1) is 16.1. The van der Waals surface area contributed by atoms with Crippen LogP contribution < -0.4 is 5.32 Å². The van der Waals surface area contributed by atoms with E-state index in [1.54, 1.807) is 17.5 Å². The van der Waals surface area contributed by atoms with E-state index < -0.39 is 0 Å². The molecule has 5 nitrogen and oxygen atoms in total. The molecule has 0 unspecified atom stereocenters. The van der Waals surface area contributed by atoms with Crippen LogP contribution in [0.25, 0.3) is 0 Å². The number of carbonyl (C=O) groups excluding carboxylic acids is 1. The van der Waals surface area contributed by atoms with Gasteiger partial charge in [0.1, 0.15) is 0 Å². The van der Waals surface area contributed by atoms with Crippen LogP contribution in [0.5, 0.6) is 0 Å². The van der Waals surface area contributed by atoms with E-state index >= 15 is 0 Å². The molecule has 3 rings (SSSR count). The first-order valence-corrected chi connectivity index (χ1v) is 8.87. The molecule has 0 aliphatic carbocycles. The van der Waals surface area contributed by atoms with Crippen LogP contribution in [0.4, 0.5) is 0 Å². The first-order valence-electron chi connectivity index (χ1n) is 7.99. The van der Waals surface area contributed by atoms with E-state index in [0.29, 0.717) is 18.9 Å². The van der Waals surface area contributed by atoms with Crippen LogP contribution >= 0.6 is 11.3 Å². The van der Waals surface area contributed by atoms with Gasteiger partial charge in [-0.05, 0) is 44.0 Å². The average Bonchev–Trinajstić information content (AvgIpc) is 3.19. The van der Waals surface area contributed by atoms with Gasteiger partial charge in [0, 0.05) is 30.9 Å². The summed E-state index contributed by atoms with van der Waals surface area (Å²) in [6.45, 7) is 5.42. The molecule has 1 saturated heterocycles. The molecule has 1 aliphatic heterocycles. The summed E-state index contributed by atoms with van der Waals surface area (Å²) in [6, 6.07) is 3.94. The second-order valence-corrected chi connectivity index (χ2v) is 7.09. The minimum atomic E-state index is 0.144. The third-order valence-electron chi connectivity index (χ3n) is 4.09. The largest absolute Gasteiger partial charge is 0.338 e. The Labute approximate surface area is 140 Å². The lowest BCUT2D eigenvalue weighted by atomic mass is 10.1. The van der Waals surface area contributed by atoms with Crippen LogP contribution in [0.15, 0.2) is 29.9 Å². The maximum Gasteiger partial charge on any atom is 0.228 e. The first-order chi connectivity index (χ1) is 11.2. The molecule has 1 amide bonds. The molecule has 0 bridgehead atoms. The molecule has 122 valence electrons. The standard InChI is InChI=1S/C17H22N4OS/c1-13-20-16(12-23-13)7-17(22)21(11-15-4-6-19-9-15)10-14-3-2-5-18-8-14/h2-3,5,8,12,15,19H,4,6-7,9-11H2,1H3/t15-/m1/s1. The summed E-state index contributed by atoms with van der Waals surface area (Å²) < 4.78 is 0. The minimum absolute atomic E-state index is 0.144. The van der Waals surface area contributed by atoms with Crippen LogP contribution in [0, 0.1) is 12.8 Å². The fourth-order valence-electron chi connectivity index (χ4n) is 2.90. The number of thiazole rings is 1. The van der Waals surface area contributed by atoms with Crippen molar-refractivity contribution in [2.24, 2.45) is 5.92 Å². The van der Waals surface area contributed by atoms with Crippen molar-refractivity contribution < 1.29 is 4.79 Å². The van der Waals surface area contributed by atoms with Crippen LogP contribution in [0.1, 0.15) is 22.7 Å². The predicted octanol–water partition coefficient (Wildman–Crippen LogP) is 2.03. The van der Waals surface area contributed by atoms with Gasteiger partial charge in [-0.25, -0.2) is 4.98 Å². The van der Waals surface area contributed by atoms with Gasteiger partial charge < -0.3 is 10.2 Å². The Kier molecular flexibility index (Phi) is 5.35. The number of hydrogen-bond acceptors (Lipinski definition) is 5. The third-order valence-corrected chi connectivity index (χ3v) is 4.91. The number of aromatic nitrogens is 2. The Morgan fingerprint density at radius 1 is 1.52 bits per heavy atom. The van der Waals surface area contributed by atoms with E-state index in [0.717, 1.165) is 42.3 Å². The molecule has 1 fully saturated rings. The van der Waals surface area contributed by atoms with Crippen molar-refractivity contribution in [3.05, 3.63) is 46.2 Å². The second-order valence-electron chi connectivity index (χ2n) is 6.03. The van der Waals surface area contributed by atoms with E-state index in [4.69, 9.17) is 0 Å². The number of aryl methyl sites for hydroxylation is 1. The summed E-state index contributed by atoms with van der Waals surface area (Å²) in [7, 11) is 0. The van der Waals surface area contributed by atoms with Crippen LogP contribution in [0.3, 0.4) is 0 Å². The van der Waals surface area contributed by atoms with E-state index in [1.807, 2.05) is 35.5 Å². The third kappa shape index (κ3) is 4.59. The van der Waals surface area contributed by atoms with Gasteiger partial charge in [-0.1, -0.05) is 6.07 Å². The lowest BCUT2D eigenvalue weighted by Gasteiger charge is -2.25. The topological polar surface area (TPSA) is 58.1 Å². The molecule has 1 aliphatic rings. The van der Waals surface area contributed by atoms with Gasteiger partial charge in [-0.15, -0.1) is 11.3 Å². The molecule has 6 heteroatoms. The van der Waals surface area contributed by atoms with Gasteiger partial charge in [0.15, 0.2) is 0 Å². The lowest BCUT2D eigenvalue weighted by Crippen LogP contribution is -2.36. The molecule has 0 radical (unpaired) electrons. The van der Waals surface area contributed by atoms with Crippen molar-refractivity contribution >= 4 is 17.2 Å². The minimum Gasteiger partial charge on any atom is -0.338 e. The molecular formula is C17H22N4OS. The maximum absolute atomic E-state index is 12.8. The molecule has 1 N–H and O–H groups in total. The monoisotopic (exact) mass is 330 g/mol. The van der Waals surface area contributed by atoms with Crippen LogP contribution in [-0.2, 0) is 17.8 Å². The van der Waals surface area contributed by atoms with E-state index in [2.05, 4.69) is 15.3 Å². The molecule has 2 aromatic heterocycles. The van der Waals surface area contributed by atoms with Gasteiger partial charge in [-0.3, -0.25) is 9.78 Å². The van der Waals surface area contributed by atoms with Gasteiger partial charge >= 0.3 is 0 Å². The molecule has 2 aromatic rings. The number of carbonyl (C=O) groups is 1. The summed E-state index contributed by atoms with van der Waals surface area (Å²) in [5.74, 6) is 0.679. The number of nitrogens with one attached hydrogen (secondary N) is 1. The highest BCUT2D eigenvalue weighted by atomic mass is 32.1. The van der Waals surface area contributed by atoms with E-state index in [1.165, 1.54) is 0 Å². The molecule has 3 heterocycles. The fraction of sp³-hybridized carbons (Fsp3) is 0.471. The molecule has 1 atom stereocenters. The van der Waals surface area contributed by atoms with Crippen molar-refractivity contribution in [2.75, 3.05) is 19.6 Å². The second kappa shape index (κ2) is 7.66. The predicted molar refractivity (Wildman–Crippen MR) is 91.2 cm³/mol. The maximum atomic E-state index is 12.8. The average molecular weight is 330 g/mol. The Hall–Kier alpha value is -1.79. The normalized spacial score (nSPS) is 17.3. The fourth-order valence-corrected chi connectivity index (χ4v) is 3.52. The lowest BCUT2D eigenvalue weighted by molar-refractivity contribution is -0.131. The quantitative estimate of drug-likeness (QED) is 0.880. The summed E-state index contributed by atoms with van der Waals surface area (Å²) >= 11 is 1.59. The zero-order valence-electron chi connectivity index (χ0n) is 13.4. The van der Waals surface area contributed by atoms with Crippen molar-refractivity contribution in [1.29, 1.82) is 0 Å². The van der Waals surface area contributed by atoms with Gasteiger partial charge in [0.2, 0.25) is 5.91 Å². The Morgan fingerprint density at radius 2 is 2.43 bits per heavy atom. The van der Waals surface area contributed by atoms with Crippen molar-refractivity contribution in [3.8, 4) is 0 Å². The van der Waals surface area contributed by atoms with Crippen molar-refractivity contribution in [2.45, 2.75) is 26.3 Å². The number of amides is 1. The Morgan fingerprint density at radius 3 is 3.09 bits per heavy atom. The zero-order chi connectivity index (χ0) is 16.1. The van der Waals surface area contributed by atoms with Gasteiger partial charge in [0.25, 0.3) is 0 Å². The zero-order valence-corrected chi connectivity index (χ0v) is 14.2. The van der Waals surface area contributed by atoms with E-state index in [9.17, 15) is 4.79 Å². The highest BCUT2D eigenvalue weighted by molar-refractivity contribution is 7.09. The van der Waals surface area contributed by atoms with Crippen molar-refractivity contribution in [3.63, 3.8) is 0 Å². The molecule has 0 aromatic carbocycles. The number of rotatable bonds is 6. The summed E-state index contributed by atoms with van der Waals surface area (Å²) in [4.78, 5) is 23.3. The SMILES string of the molecule is Cc1nc(CC(=O)N(Cc2cccnc2)C[C@@H]2CCNC2)cs1. The summed E-state index contributed by atoms with van der Waals surface area (Å²) in [6.07, 6.45) is 5.10. The molecule has 0 saturated carbocycles. The Balaban J connectivity index is 1.68. The smallest absolute Gasteiger partial charge is 0.228 e. The summed E-state index contributed by atoms with van der Waals surface area (Å²) in [5.41, 5.74) is 1.94. The summed E-state index contributed by atoms with van der Waals surface area (Å²) in [5, 5.41) is 6.36.